The van der Waals surface area contributed by atoms with E-state index in [1.165, 1.54) is 12.5 Å². The van der Waals surface area contributed by atoms with Crippen molar-refractivity contribution in [1.29, 1.82) is 0 Å². The van der Waals surface area contributed by atoms with E-state index < -0.39 is 0 Å². The molecule has 0 spiro atoms. The van der Waals surface area contributed by atoms with Gasteiger partial charge in [0.05, 0.1) is 11.8 Å². The number of rotatable bonds is 8. The second-order valence-corrected chi connectivity index (χ2v) is 6.11. The van der Waals surface area contributed by atoms with Crippen molar-refractivity contribution in [2.45, 2.75) is 19.5 Å². The number of benzene rings is 1. The summed E-state index contributed by atoms with van der Waals surface area (Å²) < 4.78 is 5.02. The number of nitrogens with zero attached hydrogens (tertiary/aromatic N) is 2. The molecule has 0 saturated heterocycles. The zero-order valence-corrected chi connectivity index (χ0v) is 14.9. The maximum atomic E-state index is 12.7. The number of furan rings is 1. The predicted octanol–water partition coefficient (Wildman–Crippen LogP) is 3.02. The molecule has 0 aliphatic heterocycles. The van der Waals surface area contributed by atoms with Crippen LogP contribution >= 0.6 is 0 Å². The first-order valence-electron chi connectivity index (χ1n) is 8.73. The van der Waals surface area contributed by atoms with Gasteiger partial charge >= 0.3 is 0 Å². The maximum absolute atomic E-state index is 12.7. The molecule has 2 amide bonds. The molecule has 3 aromatic rings. The minimum Gasteiger partial charge on any atom is -0.472 e. The first kappa shape index (κ1) is 18.4. The molecule has 3 rings (SSSR count). The van der Waals surface area contributed by atoms with Crippen LogP contribution in [0.1, 0.15) is 27.9 Å². The van der Waals surface area contributed by atoms with Crippen LogP contribution in [0, 0.1) is 0 Å². The highest BCUT2D eigenvalue weighted by atomic mass is 16.3. The number of aromatic nitrogens is 1. The molecule has 2 aromatic heterocycles. The summed E-state index contributed by atoms with van der Waals surface area (Å²) in [7, 11) is 0. The third-order valence-corrected chi connectivity index (χ3v) is 4.09. The quantitative estimate of drug-likeness (QED) is 0.667. The van der Waals surface area contributed by atoms with Gasteiger partial charge in [0, 0.05) is 38.4 Å². The van der Waals surface area contributed by atoms with Gasteiger partial charge < -0.3 is 14.6 Å². The summed E-state index contributed by atoms with van der Waals surface area (Å²) in [4.78, 5) is 30.6. The molecule has 27 heavy (non-hydrogen) atoms. The average Bonchev–Trinajstić information content (AvgIpc) is 3.25. The summed E-state index contributed by atoms with van der Waals surface area (Å²) in [5.41, 5.74) is 2.41. The Hall–Kier alpha value is -3.41. The molecule has 0 radical (unpaired) electrons. The van der Waals surface area contributed by atoms with Gasteiger partial charge in [-0.25, -0.2) is 0 Å². The van der Waals surface area contributed by atoms with E-state index in [1.807, 2.05) is 42.5 Å². The highest BCUT2D eigenvalue weighted by Gasteiger charge is 2.18. The van der Waals surface area contributed by atoms with Crippen molar-refractivity contribution in [3.8, 4) is 0 Å². The molecule has 6 heteroatoms. The number of carbonyl (C=O) groups is 2. The number of amides is 2. The molecular formula is C21H21N3O3. The van der Waals surface area contributed by atoms with E-state index in [1.54, 1.807) is 23.4 Å². The molecule has 0 atom stereocenters. The van der Waals surface area contributed by atoms with Crippen molar-refractivity contribution in [3.05, 3.63) is 90.1 Å². The fraction of sp³-hybridized carbons (Fsp3) is 0.190. The summed E-state index contributed by atoms with van der Waals surface area (Å²) in [5, 5.41) is 2.86. The van der Waals surface area contributed by atoms with Crippen LogP contribution in [0.2, 0.25) is 0 Å². The standard InChI is InChI=1S/C21H21N3O3/c25-20(23-14-18-7-4-10-22-13-18)8-11-24(15-17-5-2-1-3-6-17)21(26)19-9-12-27-16-19/h1-7,9-10,12-13,16H,8,11,14-15H2,(H,23,25). The van der Waals surface area contributed by atoms with Gasteiger partial charge in [-0.3, -0.25) is 14.6 Å². The van der Waals surface area contributed by atoms with E-state index in [9.17, 15) is 9.59 Å². The largest absolute Gasteiger partial charge is 0.472 e. The maximum Gasteiger partial charge on any atom is 0.257 e. The van der Waals surface area contributed by atoms with E-state index in [0.29, 0.717) is 25.2 Å². The first-order chi connectivity index (χ1) is 13.2. The lowest BCUT2D eigenvalue weighted by molar-refractivity contribution is -0.121. The average molecular weight is 363 g/mol. The van der Waals surface area contributed by atoms with Crippen LogP contribution in [0.15, 0.2) is 77.9 Å². The number of nitrogens with one attached hydrogen (secondary N) is 1. The van der Waals surface area contributed by atoms with Crippen LogP contribution in [0.3, 0.4) is 0 Å². The third-order valence-electron chi connectivity index (χ3n) is 4.09. The SMILES string of the molecule is O=C(CCN(Cc1ccccc1)C(=O)c1ccoc1)NCc1cccnc1. The minimum atomic E-state index is -0.160. The molecule has 0 aliphatic rings. The van der Waals surface area contributed by atoms with Gasteiger partial charge in [-0.05, 0) is 23.3 Å². The molecule has 138 valence electrons. The molecule has 0 aliphatic carbocycles. The fourth-order valence-electron chi connectivity index (χ4n) is 2.65. The van der Waals surface area contributed by atoms with Gasteiger partial charge in [-0.15, -0.1) is 0 Å². The zero-order valence-electron chi connectivity index (χ0n) is 14.9. The lowest BCUT2D eigenvalue weighted by atomic mass is 10.2. The first-order valence-corrected chi connectivity index (χ1v) is 8.73. The van der Waals surface area contributed by atoms with Gasteiger partial charge in [0.25, 0.3) is 5.91 Å². The summed E-state index contributed by atoms with van der Waals surface area (Å²) in [6, 6.07) is 15.0. The topological polar surface area (TPSA) is 75.4 Å². The van der Waals surface area contributed by atoms with E-state index >= 15 is 0 Å². The highest BCUT2D eigenvalue weighted by Crippen LogP contribution is 2.11. The number of hydrogen-bond acceptors (Lipinski definition) is 4. The Morgan fingerprint density at radius 2 is 1.85 bits per heavy atom. The van der Waals surface area contributed by atoms with Crippen LogP contribution in [0.5, 0.6) is 0 Å². The third kappa shape index (κ3) is 5.54. The van der Waals surface area contributed by atoms with E-state index in [0.717, 1.165) is 11.1 Å². The summed E-state index contributed by atoms with van der Waals surface area (Å²) in [6.07, 6.45) is 6.51. The Bertz CT molecular complexity index is 849. The second kappa shape index (κ2) is 9.33. The van der Waals surface area contributed by atoms with Crippen LogP contribution in [0.4, 0.5) is 0 Å². The number of pyridine rings is 1. The molecule has 1 N–H and O–H groups in total. The molecule has 0 unspecified atom stereocenters. The van der Waals surface area contributed by atoms with Gasteiger partial charge in [0.2, 0.25) is 5.91 Å². The van der Waals surface area contributed by atoms with E-state index in [-0.39, 0.29) is 18.2 Å². The molecule has 0 fully saturated rings. The molecule has 0 bridgehead atoms. The highest BCUT2D eigenvalue weighted by molar-refractivity contribution is 5.94. The van der Waals surface area contributed by atoms with Crippen molar-refractivity contribution >= 4 is 11.8 Å². The fourth-order valence-corrected chi connectivity index (χ4v) is 2.65. The van der Waals surface area contributed by atoms with Gasteiger partial charge in [-0.1, -0.05) is 36.4 Å². The van der Waals surface area contributed by atoms with Crippen molar-refractivity contribution in [1.82, 2.24) is 15.2 Å². The van der Waals surface area contributed by atoms with E-state index in [4.69, 9.17) is 4.42 Å². The summed E-state index contributed by atoms with van der Waals surface area (Å²) in [6.45, 7) is 1.17. The van der Waals surface area contributed by atoms with Crippen LogP contribution in [-0.2, 0) is 17.9 Å². The van der Waals surface area contributed by atoms with Crippen molar-refractivity contribution < 1.29 is 14.0 Å². The molecule has 2 heterocycles. The summed E-state index contributed by atoms with van der Waals surface area (Å²) in [5.74, 6) is -0.274. The monoisotopic (exact) mass is 363 g/mol. The van der Waals surface area contributed by atoms with Crippen LogP contribution in [0.25, 0.3) is 0 Å². The summed E-state index contributed by atoms with van der Waals surface area (Å²) >= 11 is 0. The smallest absolute Gasteiger partial charge is 0.257 e. The van der Waals surface area contributed by atoms with Crippen molar-refractivity contribution in [3.63, 3.8) is 0 Å². The molecule has 0 saturated carbocycles. The second-order valence-electron chi connectivity index (χ2n) is 6.11. The lowest BCUT2D eigenvalue weighted by Gasteiger charge is -2.22. The van der Waals surface area contributed by atoms with E-state index in [2.05, 4.69) is 10.3 Å². The Kier molecular flexibility index (Phi) is 6.35. The van der Waals surface area contributed by atoms with Gasteiger partial charge in [0.1, 0.15) is 6.26 Å². The Morgan fingerprint density at radius 1 is 1.04 bits per heavy atom. The molecule has 1 aromatic carbocycles. The Balaban J connectivity index is 1.59. The van der Waals surface area contributed by atoms with Gasteiger partial charge in [0.15, 0.2) is 0 Å². The van der Waals surface area contributed by atoms with Crippen molar-refractivity contribution in [2.24, 2.45) is 0 Å². The van der Waals surface area contributed by atoms with Crippen LogP contribution in [-0.4, -0.2) is 28.2 Å². The van der Waals surface area contributed by atoms with Crippen LogP contribution < -0.4 is 5.32 Å². The Labute approximate surface area is 157 Å². The normalized spacial score (nSPS) is 10.4. The molecule has 6 nitrogen and oxygen atoms in total. The molecular weight excluding hydrogens is 342 g/mol. The van der Waals surface area contributed by atoms with Gasteiger partial charge in [-0.2, -0.15) is 0 Å². The lowest BCUT2D eigenvalue weighted by Crippen LogP contribution is -2.34. The minimum absolute atomic E-state index is 0.114. The van der Waals surface area contributed by atoms with Crippen molar-refractivity contribution in [2.75, 3.05) is 6.54 Å². The predicted molar refractivity (Wildman–Crippen MR) is 101 cm³/mol. The number of carbonyl (C=O) groups excluding carboxylic acids is 2. The Morgan fingerprint density at radius 3 is 2.56 bits per heavy atom. The number of hydrogen-bond donors (Lipinski definition) is 1. The zero-order chi connectivity index (χ0) is 18.9.